The first-order valence-corrected chi connectivity index (χ1v) is 9.40. The fraction of sp³-hybridized carbons (Fsp3) is 0.250. The van der Waals surface area contributed by atoms with E-state index in [4.69, 9.17) is 19.0 Å². The van der Waals surface area contributed by atoms with Gasteiger partial charge >= 0.3 is 11.9 Å². The first kappa shape index (κ1) is 21.0. The molecule has 0 amide bonds. The van der Waals surface area contributed by atoms with Crippen molar-refractivity contribution in [3.63, 3.8) is 0 Å². The molecule has 2 N–H and O–H groups in total. The van der Waals surface area contributed by atoms with E-state index in [1.165, 1.54) is 13.2 Å². The summed E-state index contributed by atoms with van der Waals surface area (Å²) < 4.78 is 16.4. The molecule has 27 heavy (non-hydrogen) atoms. The third kappa shape index (κ3) is 5.85. The second-order valence-corrected chi connectivity index (χ2v) is 7.10. The van der Waals surface area contributed by atoms with Crippen molar-refractivity contribution < 1.29 is 33.7 Å². The molecule has 2 rings (SSSR count). The van der Waals surface area contributed by atoms with Gasteiger partial charge < -0.3 is 24.1 Å². The smallest absolute Gasteiger partial charge is 0.342 e. The average molecular weight is 506 g/mol. The molecule has 0 aliphatic rings. The topological polar surface area (TPSA) is 132 Å². The molecule has 11 heteroatoms. The van der Waals surface area contributed by atoms with Crippen LogP contribution in [0.4, 0.5) is 0 Å². The minimum Gasteiger partial charge on any atom is -0.493 e. The number of aromatic nitrogens is 2. The zero-order chi connectivity index (χ0) is 20.0. The molecular formula is C16H15IN2O7S. The summed E-state index contributed by atoms with van der Waals surface area (Å²) in [6.45, 7) is 1.33. The van der Waals surface area contributed by atoms with E-state index in [1.54, 1.807) is 12.1 Å². The number of rotatable bonds is 9. The van der Waals surface area contributed by atoms with Crippen molar-refractivity contribution in [1.29, 1.82) is 0 Å². The number of hydrogen-bond donors (Lipinski definition) is 2. The lowest BCUT2D eigenvalue weighted by atomic mass is 10.2. The van der Waals surface area contributed by atoms with Gasteiger partial charge in [-0.25, -0.2) is 9.59 Å². The number of nitrogens with zero attached hydrogens (tertiary/aromatic N) is 2. The van der Waals surface area contributed by atoms with Crippen molar-refractivity contribution in [3.8, 4) is 11.5 Å². The van der Waals surface area contributed by atoms with Gasteiger partial charge in [0.15, 0.2) is 18.1 Å². The number of methoxy groups -OCH3 is 1. The van der Waals surface area contributed by atoms with E-state index in [-0.39, 0.29) is 21.6 Å². The third-order valence-electron chi connectivity index (χ3n) is 3.05. The minimum atomic E-state index is -1.16. The van der Waals surface area contributed by atoms with Crippen LogP contribution < -0.4 is 9.47 Å². The molecule has 1 aromatic carbocycles. The summed E-state index contributed by atoms with van der Waals surface area (Å²) in [4.78, 5) is 22.2. The molecule has 0 spiro atoms. The number of carboxylic acids is 2. The Balaban J connectivity index is 2.34. The summed E-state index contributed by atoms with van der Waals surface area (Å²) in [6.07, 6.45) is 1.97. The van der Waals surface area contributed by atoms with Crippen molar-refractivity contribution in [3.05, 3.63) is 32.1 Å². The van der Waals surface area contributed by atoms with Gasteiger partial charge in [-0.05, 0) is 58.1 Å². The molecule has 0 aliphatic heterocycles. The van der Waals surface area contributed by atoms with Crippen LogP contribution in [0.15, 0.2) is 26.7 Å². The van der Waals surface area contributed by atoms with Crippen LogP contribution in [0.1, 0.15) is 18.4 Å². The molecule has 0 saturated carbocycles. The fourth-order valence-corrected chi connectivity index (χ4v) is 3.37. The monoisotopic (exact) mass is 506 g/mol. The van der Waals surface area contributed by atoms with Gasteiger partial charge in [0, 0.05) is 6.42 Å². The second-order valence-electron chi connectivity index (χ2n) is 4.95. The fourth-order valence-electron chi connectivity index (χ4n) is 1.90. The quantitative estimate of drug-likeness (QED) is 0.297. The number of benzene rings is 1. The highest BCUT2D eigenvalue weighted by molar-refractivity contribution is 14.1. The maximum atomic E-state index is 11.6. The summed E-state index contributed by atoms with van der Waals surface area (Å²) >= 11 is 2.79. The van der Waals surface area contributed by atoms with E-state index < -0.39 is 18.5 Å². The average Bonchev–Trinajstić information content (AvgIpc) is 3.07. The number of aliphatic carboxylic acids is 2. The van der Waals surface area contributed by atoms with Crippen LogP contribution >= 0.6 is 34.4 Å². The van der Waals surface area contributed by atoms with Crippen molar-refractivity contribution in [2.24, 2.45) is 0 Å². The van der Waals surface area contributed by atoms with Crippen molar-refractivity contribution >= 4 is 52.4 Å². The van der Waals surface area contributed by atoms with Crippen LogP contribution in [0.25, 0.3) is 6.08 Å². The summed E-state index contributed by atoms with van der Waals surface area (Å²) in [6, 6.07) is 3.20. The predicted octanol–water partition coefficient (Wildman–Crippen LogP) is 2.93. The van der Waals surface area contributed by atoms with E-state index in [0.717, 1.165) is 11.8 Å². The Morgan fingerprint density at radius 2 is 2.07 bits per heavy atom. The van der Waals surface area contributed by atoms with Gasteiger partial charge in [-0.1, -0.05) is 6.92 Å². The highest BCUT2D eigenvalue weighted by Crippen LogP contribution is 2.36. The number of ether oxygens (including phenoxy) is 2. The van der Waals surface area contributed by atoms with Crippen molar-refractivity contribution in [2.45, 2.75) is 18.6 Å². The van der Waals surface area contributed by atoms with Gasteiger partial charge in [0.25, 0.3) is 5.22 Å². The third-order valence-corrected chi connectivity index (χ3v) is 4.70. The summed E-state index contributed by atoms with van der Waals surface area (Å²) in [5.74, 6) is -1.30. The standard InChI is InChI=1S/C16H15IN2O7S/c1-3-12-18-19-16(26-12)27-11(15(22)23)6-8-4-9(17)14(10(5-8)24-2)25-7-13(20)21/h4-6H,3,7H2,1-2H3,(H,20,21)(H,22,23)/b11-6-. The van der Waals surface area contributed by atoms with Crippen LogP contribution in [0.3, 0.4) is 0 Å². The van der Waals surface area contributed by atoms with E-state index in [2.05, 4.69) is 10.2 Å². The normalized spacial score (nSPS) is 11.3. The first-order chi connectivity index (χ1) is 12.8. The molecule has 1 heterocycles. The lowest BCUT2D eigenvalue weighted by Gasteiger charge is -2.12. The summed E-state index contributed by atoms with van der Waals surface area (Å²) in [5.41, 5.74) is 0.527. The highest BCUT2D eigenvalue weighted by Gasteiger charge is 2.17. The number of hydrogen-bond acceptors (Lipinski definition) is 8. The van der Waals surface area contributed by atoms with Gasteiger partial charge in [-0.3, -0.25) is 0 Å². The van der Waals surface area contributed by atoms with Crippen molar-refractivity contribution in [2.75, 3.05) is 13.7 Å². The molecule has 0 bridgehead atoms. The number of carbonyl (C=O) groups is 2. The van der Waals surface area contributed by atoms with Gasteiger partial charge in [0.2, 0.25) is 5.89 Å². The Kier molecular flexibility index (Phi) is 7.47. The van der Waals surface area contributed by atoms with Gasteiger partial charge in [-0.2, -0.15) is 0 Å². The predicted molar refractivity (Wildman–Crippen MR) is 104 cm³/mol. The van der Waals surface area contributed by atoms with Crippen LogP contribution in [0.5, 0.6) is 11.5 Å². The molecule has 144 valence electrons. The Morgan fingerprint density at radius 3 is 2.63 bits per heavy atom. The molecular weight excluding hydrogens is 491 g/mol. The Morgan fingerprint density at radius 1 is 1.33 bits per heavy atom. The van der Waals surface area contributed by atoms with Gasteiger partial charge in [0.1, 0.15) is 4.91 Å². The molecule has 1 aromatic heterocycles. The van der Waals surface area contributed by atoms with Crippen LogP contribution in [-0.2, 0) is 16.0 Å². The zero-order valence-corrected chi connectivity index (χ0v) is 17.2. The van der Waals surface area contributed by atoms with Crippen LogP contribution in [0.2, 0.25) is 0 Å². The molecule has 9 nitrogen and oxygen atoms in total. The van der Waals surface area contributed by atoms with E-state index in [9.17, 15) is 14.7 Å². The SMILES string of the molecule is CCc1nnc(S/C(=C\c2cc(I)c(OCC(=O)O)c(OC)c2)C(=O)O)o1. The molecule has 0 fully saturated rings. The number of halogens is 1. The number of thioether (sulfide) groups is 1. The maximum absolute atomic E-state index is 11.6. The molecule has 0 aliphatic carbocycles. The van der Waals surface area contributed by atoms with E-state index in [1.807, 2.05) is 29.5 Å². The molecule has 0 radical (unpaired) electrons. The zero-order valence-electron chi connectivity index (χ0n) is 14.3. The summed E-state index contributed by atoms with van der Waals surface area (Å²) in [5, 5.41) is 25.9. The summed E-state index contributed by atoms with van der Waals surface area (Å²) in [7, 11) is 1.41. The lowest BCUT2D eigenvalue weighted by molar-refractivity contribution is -0.139. The minimum absolute atomic E-state index is 0.0293. The molecule has 0 atom stereocenters. The van der Waals surface area contributed by atoms with Crippen molar-refractivity contribution in [1.82, 2.24) is 10.2 Å². The maximum Gasteiger partial charge on any atom is 0.342 e. The Bertz CT molecular complexity index is 882. The van der Waals surface area contributed by atoms with Gasteiger partial charge in [-0.15, -0.1) is 10.2 Å². The molecule has 0 saturated heterocycles. The molecule has 0 unspecified atom stereocenters. The van der Waals surface area contributed by atoms with Crippen LogP contribution in [-0.4, -0.2) is 46.1 Å². The van der Waals surface area contributed by atoms with Gasteiger partial charge in [0.05, 0.1) is 10.7 Å². The largest absolute Gasteiger partial charge is 0.493 e. The highest BCUT2D eigenvalue weighted by atomic mass is 127. The molecule has 2 aromatic rings. The number of aryl methyl sites for hydroxylation is 1. The van der Waals surface area contributed by atoms with E-state index >= 15 is 0 Å². The first-order valence-electron chi connectivity index (χ1n) is 7.51. The van der Waals surface area contributed by atoms with Crippen LogP contribution in [0, 0.1) is 3.57 Å². The lowest BCUT2D eigenvalue weighted by Crippen LogP contribution is -2.11. The Hall–Kier alpha value is -2.28. The van der Waals surface area contributed by atoms with E-state index in [0.29, 0.717) is 21.4 Å². The number of carboxylic acid groups (broad SMARTS) is 2. The Labute approximate surface area is 171 Å². The second kappa shape index (κ2) is 9.60.